The highest BCUT2D eigenvalue weighted by Crippen LogP contribution is 2.47. The summed E-state index contributed by atoms with van der Waals surface area (Å²) in [6.07, 6.45) is 1.24. The minimum absolute atomic E-state index is 0.0108. The molecule has 0 saturated carbocycles. The van der Waals surface area contributed by atoms with Gasteiger partial charge in [0.05, 0.1) is 16.3 Å². The minimum atomic E-state index is -0.479. The lowest BCUT2D eigenvalue weighted by Gasteiger charge is -2.32. The summed E-state index contributed by atoms with van der Waals surface area (Å²) < 4.78 is 0. The van der Waals surface area contributed by atoms with E-state index in [0.29, 0.717) is 24.3 Å². The number of nitro benzene ring substituents is 1. The molecule has 7 nitrogen and oxygen atoms in total. The van der Waals surface area contributed by atoms with Gasteiger partial charge in [0.25, 0.3) is 5.69 Å². The Labute approximate surface area is 150 Å². The molecule has 0 aromatic heterocycles. The van der Waals surface area contributed by atoms with Crippen molar-refractivity contribution >= 4 is 29.3 Å². The summed E-state index contributed by atoms with van der Waals surface area (Å²) in [5.41, 5.74) is 0.514. The predicted molar refractivity (Wildman–Crippen MR) is 94.9 cm³/mol. The molecule has 2 fully saturated rings. The number of para-hydroxylation sites is 1. The second kappa shape index (κ2) is 6.67. The average Bonchev–Trinajstić information content (AvgIpc) is 3.08. The largest absolute Gasteiger partial charge is 0.337 e. The van der Waals surface area contributed by atoms with E-state index in [1.54, 1.807) is 39.8 Å². The Balaban J connectivity index is 1.81. The molecule has 1 aromatic rings. The zero-order valence-corrected chi connectivity index (χ0v) is 15.1. The van der Waals surface area contributed by atoms with Crippen LogP contribution in [-0.2, 0) is 16.1 Å². The topological polar surface area (TPSA) is 83.8 Å². The molecule has 3 rings (SSSR count). The third-order valence-electron chi connectivity index (χ3n) is 4.97. The Morgan fingerprint density at radius 3 is 2.88 bits per heavy atom. The number of nitrogens with zero attached hydrogens (tertiary/aromatic N) is 3. The van der Waals surface area contributed by atoms with E-state index < -0.39 is 11.0 Å². The summed E-state index contributed by atoms with van der Waals surface area (Å²) in [5.74, 6) is 0.466. The monoisotopic (exact) mass is 363 g/mol. The highest BCUT2D eigenvalue weighted by molar-refractivity contribution is 8.01. The van der Waals surface area contributed by atoms with E-state index in [1.807, 2.05) is 13.8 Å². The molecule has 2 saturated heterocycles. The van der Waals surface area contributed by atoms with Crippen molar-refractivity contribution in [3.05, 3.63) is 39.9 Å². The summed E-state index contributed by atoms with van der Waals surface area (Å²) in [6.45, 7) is 4.46. The van der Waals surface area contributed by atoms with Gasteiger partial charge in [-0.15, -0.1) is 11.8 Å². The number of likely N-dealkylation sites (N-methyl/N-ethyl adjacent to an activating group) is 1. The van der Waals surface area contributed by atoms with Crippen LogP contribution in [0.5, 0.6) is 0 Å². The number of thioether (sulfide) groups is 1. The molecule has 0 N–H and O–H groups in total. The first-order chi connectivity index (χ1) is 11.9. The molecule has 0 bridgehead atoms. The van der Waals surface area contributed by atoms with Crippen molar-refractivity contribution in [3.8, 4) is 0 Å². The Morgan fingerprint density at radius 2 is 2.20 bits per heavy atom. The van der Waals surface area contributed by atoms with Gasteiger partial charge >= 0.3 is 0 Å². The lowest BCUT2D eigenvalue weighted by Crippen LogP contribution is -2.51. The molecule has 2 aliphatic rings. The standard InChI is InChI=1S/C17H21N3O4S/c1-3-18(10-12-6-4-5-7-13(12)20(23)24)16(22)14-11-25-17(2)9-8-15(21)19(14)17/h4-7,14H,3,8-11H2,1-2H3/t14-,17-/m0/s1. The first kappa shape index (κ1) is 17.7. The number of rotatable bonds is 5. The summed E-state index contributed by atoms with van der Waals surface area (Å²) in [4.78, 5) is 39.1. The van der Waals surface area contributed by atoms with E-state index in [-0.39, 0.29) is 28.9 Å². The summed E-state index contributed by atoms with van der Waals surface area (Å²) in [5, 5.41) is 11.2. The number of fused-ring (bicyclic) bond motifs is 1. The van der Waals surface area contributed by atoms with Gasteiger partial charge < -0.3 is 9.80 Å². The van der Waals surface area contributed by atoms with Crippen LogP contribution in [0.25, 0.3) is 0 Å². The van der Waals surface area contributed by atoms with E-state index in [0.717, 1.165) is 6.42 Å². The fourth-order valence-corrected chi connectivity index (χ4v) is 5.01. The lowest BCUT2D eigenvalue weighted by atomic mass is 10.1. The highest BCUT2D eigenvalue weighted by atomic mass is 32.2. The summed E-state index contributed by atoms with van der Waals surface area (Å²) in [7, 11) is 0. The van der Waals surface area contributed by atoms with Gasteiger partial charge in [0.2, 0.25) is 11.8 Å². The van der Waals surface area contributed by atoms with Crippen LogP contribution in [0.4, 0.5) is 5.69 Å². The maximum atomic E-state index is 13.0. The lowest BCUT2D eigenvalue weighted by molar-refractivity contribution is -0.385. The van der Waals surface area contributed by atoms with Gasteiger partial charge in [0.1, 0.15) is 6.04 Å². The van der Waals surface area contributed by atoms with Crippen molar-refractivity contribution in [2.24, 2.45) is 0 Å². The van der Waals surface area contributed by atoms with Gasteiger partial charge in [-0.2, -0.15) is 0 Å². The van der Waals surface area contributed by atoms with Gasteiger partial charge in [0, 0.05) is 30.3 Å². The first-order valence-electron chi connectivity index (χ1n) is 8.34. The number of hydrogen-bond donors (Lipinski definition) is 0. The van der Waals surface area contributed by atoms with Crippen LogP contribution in [-0.4, -0.2) is 49.7 Å². The van der Waals surface area contributed by atoms with E-state index in [4.69, 9.17) is 0 Å². The zero-order valence-electron chi connectivity index (χ0n) is 14.3. The van der Waals surface area contributed by atoms with Gasteiger partial charge in [0.15, 0.2) is 0 Å². The van der Waals surface area contributed by atoms with Crippen molar-refractivity contribution < 1.29 is 14.5 Å². The molecule has 0 aliphatic carbocycles. The number of amides is 2. The Morgan fingerprint density at radius 1 is 1.48 bits per heavy atom. The summed E-state index contributed by atoms with van der Waals surface area (Å²) in [6, 6.07) is 5.98. The van der Waals surface area contributed by atoms with Crippen LogP contribution in [0, 0.1) is 10.1 Å². The number of carbonyl (C=O) groups excluding carboxylic acids is 2. The van der Waals surface area contributed by atoms with Crippen molar-refractivity contribution in [1.82, 2.24) is 9.80 Å². The van der Waals surface area contributed by atoms with Crippen LogP contribution in [0.1, 0.15) is 32.3 Å². The Hall–Kier alpha value is -2.09. The quantitative estimate of drug-likeness (QED) is 0.592. The third-order valence-corrected chi connectivity index (χ3v) is 6.48. The van der Waals surface area contributed by atoms with E-state index >= 15 is 0 Å². The normalized spacial score (nSPS) is 25.1. The van der Waals surface area contributed by atoms with Crippen LogP contribution in [0.3, 0.4) is 0 Å². The van der Waals surface area contributed by atoms with Gasteiger partial charge in [-0.25, -0.2) is 0 Å². The van der Waals surface area contributed by atoms with Crippen molar-refractivity contribution in [2.45, 2.75) is 44.1 Å². The van der Waals surface area contributed by atoms with E-state index in [2.05, 4.69) is 0 Å². The second-order valence-corrected chi connectivity index (χ2v) is 8.01. The number of carbonyl (C=O) groups is 2. The van der Waals surface area contributed by atoms with Gasteiger partial charge in [-0.05, 0) is 20.3 Å². The smallest absolute Gasteiger partial charge is 0.274 e. The molecule has 2 amide bonds. The number of benzene rings is 1. The molecule has 0 radical (unpaired) electrons. The third kappa shape index (κ3) is 3.10. The molecule has 8 heteroatoms. The fraction of sp³-hybridized carbons (Fsp3) is 0.529. The van der Waals surface area contributed by atoms with Crippen LogP contribution in [0.2, 0.25) is 0 Å². The molecule has 2 atom stereocenters. The van der Waals surface area contributed by atoms with Crippen LogP contribution in [0.15, 0.2) is 24.3 Å². The van der Waals surface area contributed by atoms with E-state index in [1.165, 1.54) is 6.07 Å². The van der Waals surface area contributed by atoms with Crippen LogP contribution < -0.4 is 0 Å². The van der Waals surface area contributed by atoms with Gasteiger partial charge in [-0.1, -0.05) is 18.2 Å². The molecule has 2 heterocycles. The molecular weight excluding hydrogens is 342 g/mol. The summed E-state index contributed by atoms with van der Waals surface area (Å²) >= 11 is 1.65. The molecule has 25 heavy (non-hydrogen) atoms. The zero-order chi connectivity index (χ0) is 18.2. The fourth-order valence-electron chi connectivity index (χ4n) is 3.59. The maximum Gasteiger partial charge on any atom is 0.274 e. The van der Waals surface area contributed by atoms with E-state index in [9.17, 15) is 19.7 Å². The van der Waals surface area contributed by atoms with Crippen molar-refractivity contribution in [2.75, 3.05) is 12.3 Å². The minimum Gasteiger partial charge on any atom is -0.337 e. The highest BCUT2D eigenvalue weighted by Gasteiger charge is 2.53. The molecule has 1 aromatic carbocycles. The molecule has 134 valence electrons. The SMILES string of the molecule is CCN(Cc1ccccc1[N+](=O)[O-])C(=O)[C@@H]1CS[C@@]2(C)CCC(=O)N12. The number of hydrogen-bond acceptors (Lipinski definition) is 5. The van der Waals surface area contributed by atoms with Gasteiger partial charge in [-0.3, -0.25) is 19.7 Å². The number of nitro groups is 1. The van der Waals surface area contributed by atoms with Crippen molar-refractivity contribution in [3.63, 3.8) is 0 Å². The molecular formula is C17H21N3O4S. The predicted octanol–water partition coefficient (Wildman–Crippen LogP) is 2.40. The molecule has 2 aliphatic heterocycles. The maximum absolute atomic E-state index is 13.0. The van der Waals surface area contributed by atoms with Crippen LogP contribution >= 0.6 is 11.8 Å². The van der Waals surface area contributed by atoms with Crippen molar-refractivity contribution in [1.29, 1.82) is 0 Å². The Kier molecular flexibility index (Phi) is 4.73. The average molecular weight is 363 g/mol. The second-order valence-electron chi connectivity index (χ2n) is 6.50. The Bertz CT molecular complexity index is 726. The first-order valence-corrected chi connectivity index (χ1v) is 9.33. The molecule has 0 spiro atoms. The molecule has 0 unspecified atom stereocenters.